The smallest absolute Gasteiger partial charge is 0.233 e. The molecule has 1 heterocycles. The minimum absolute atomic E-state index is 0.110. The van der Waals surface area contributed by atoms with Crippen LogP contribution >= 0.6 is 0 Å². The van der Waals surface area contributed by atoms with Gasteiger partial charge in [-0.1, -0.05) is 6.92 Å². The Balaban J connectivity index is 2.10. The van der Waals surface area contributed by atoms with E-state index in [0.717, 1.165) is 6.54 Å². The number of carbonyl (C=O) groups is 1. The van der Waals surface area contributed by atoms with Crippen molar-refractivity contribution >= 4 is 5.91 Å². The number of nitrogens with zero attached hydrogens (tertiary/aromatic N) is 1. The van der Waals surface area contributed by atoms with Gasteiger partial charge in [0.2, 0.25) is 5.91 Å². The molecule has 16 heavy (non-hydrogen) atoms. The molecule has 0 spiro atoms. The first-order valence-electron chi connectivity index (χ1n) is 6.40. The minimum Gasteiger partial charge on any atom is -0.355 e. The van der Waals surface area contributed by atoms with E-state index >= 15 is 0 Å². The van der Waals surface area contributed by atoms with E-state index in [1.54, 1.807) is 7.05 Å². The van der Waals surface area contributed by atoms with Crippen LogP contribution in [0.15, 0.2) is 0 Å². The van der Waals surface area contributed by atoms with Crippen molar-refractivity contribution < 1.29 is 4.79 Å². The zero-order chi connectivity index (χ0) is 11.8. The van der Waals surface area contributed by atoms with Gasteiger partial charge in [-0.3, -0.25) is 4.79 Å². The van der Waals surface area contributed by atoms with Crippen molar-refractivity contribution in [1.82, 2.24) is 15.5 Å². The van der Waals surface area contributed by atoms with Crippen molar-refractivity contribution in [3.05, 3.63) is 0 Å². The molecule has 1 aliphatic heterocycles. The van der Waals surface area contributed by atoms with E-state index in [4.69, 9.17) is 0 Å². The van der Waals surface area contributed by atoms with Crippen molar-refractivity contribution in [1.29, 1.82) is 0 Å². The topological polar surface area (TPSA) is 44.4 Å². The number of carbonyl (C=O) groups excluding carboxylic acids is 1. The molecule has 0 unspecified atom stereocenters. The van der Waals surface area contributed by atoms with E-state index < -0.39 is 0 Å². The van der Waals surface area contributed by atoms with Gasteiger partial charge in [-0.05, 0) is 51.9 Å². The summed E-state index contributed by atoms with van der Waals surface area (Å²) < 4.78 is 0. The van der Waals surface area contributed by atoms with Gasteiger partial charge in [0, 0.05) is 6.54 Å². The first-order chi connectivity index (χ1) is 7.76. The number of likely N-dealkylation sites (N-methyl/N-ethyl adjacent to an activating group) is 1. The second-order valence-electron chi connectivity index (χ2n) is 4.62. The van der Waals surface area contributed by atoms with Crippen molar-refractivity contribution in [3.63, 3.8) is 0 Å². The summed E-state index contributed by atoms with van der Waals surface area (Å²) in [7, 11) is 1.79. The van der Waals surface area contributed by atoms with E-state index in [1.807, 2.05) is 0 Å². The lowest BCUT2D eigenvalue weighted by atomic mass is 9.96. The number of piperidine rings is 1. The molecule has 1 rings (SSSR count). The largest absolute Gasteiger partial charge is 0.355 e. The third kappa shape index (κ3) is 4.94. The van der Waals surface area contributed by atoms with Crippen LogP contribution in [0.4, 0.5) is 0 Å². The molecular formula is C12H25N3O. The summed E-state index contributed by atoms with van der Waals surface area (Å²) >= 11 is 0. The van der Waals surface area contributed by atoms with Crippen LogP contribution in [-0.4, -0.2) is 50.6 Å². The highest BCUT2D eigenvalue weighted by Crippen LogP contribution is 2.16. The Kier molecular flexibility index (Phi) is 6.42. The fraction of sp³-hybridized carbons (Fsp3) is 0.917. The summed E-state index contributed by atoms with van der Waals surface area (Å²) in [6.45, 7) is 7.11. The molecule has 1 aliphatic rings. The van der Waals surface area contributed by atoms with Gasteiger partial charge in [-0.2, -0.15) is 0 Å². The molecule has 2 N–H and O–H groups in total. The molecule has 1 amide bonds. The van der Waals surface area contributed by atoms with E-state index in [9.17, 15) is 4.79 Å². The molecule has 0 aliphatic carbocycles. The quantitative estimate of drug-likeness (QED) is 0.692. The molecule has 0 saturated carbocycles. The van der Waals surface area contributed by atoms with Crippen LogP contribution in [0.3, 0.4) is 0 Å². The number of amides is 1. The van der Waals surface area contributed by atoms with Crippen LogP contribution in [0, 0.1) is 5.92 Å². The van der Waals surface area contributed by atoms with Gasteiger partial charge >= 0.3 is 0 Å². The van der Waals surface area contributed by atoms with Crippen LogP contribution in [0.1, 0.15) is 26.2 Å². The summed E-state index contributed by atoms with van der Waals surface area (Å²) in [5, 5.41) is 5.84. The molecule has 0 aromatic heterocycles. The highest BCUT2D eigenvalue weighted by Gasteiger charge is 2.18. The SMILES string of the molecule is CCCN1CCC(CNC(=O)CNC)CC1. The average Bonchev–Trinajstić information content (AvgIpc) is 2.29. The monoisotopic (exact) mass is 227 g/mol. The number of hydrogen-bond acceptors (Lipinski definition) is 3. The second-order valence-corrected chi connectivity index (χ2v) is 4.62. The summed E-state index contributed by atoms with van der Waals surface area (Å²) in [4.78, 5) is 13.8. The van der Waals surface area contributed by atoms with Gasteiger partial charge in [0.1, 0.15) is 0 Å². The normalized spacial score (nSPS) is 18.6. The predicted octanol–water partition coefficient (Wildman–Crippen LogP) is 0.444. The molecule has 1 fully saturated rings. The van der Waals surface area contributed by atoms with Gasteiger partial charge in [0.25, 0.3) is 0 Å². The van der Waals surface area contributed by atoms with Gasteiger partial charge in [-0.15, -0.1) is 0 Å². The first kappa shape index (κ1) is 13.5. The van der Waals surface area contributed by atoms with Gasteiger partial charge in [-0.25, -0.2) is 0 Å². The molecule has 94 valence electrons. The van der Waals surface area contributed by atoms with Crippen LogP contribution in [0.2, 0.25) is 0 Å². The second kappa shape index (κ2) is 7.63. The number of hydrogen-bond donors (Lipinski definition) is 2. The highest BCUT2D eigenvalue weighted by atomic mass is 16.1. The minimum atomic E-state index is 0.110. The van der Waals surface area contributed by atoms with Gasteiger partial charge < -0.3 is 15.5 Å². The van der Waals surface area contributed by atoms with Gasteiger partial charge in [0.15, 0.2) is 0 Å². The third-order valence-corrected chi connectivity index (χ3v) is 3.17. The molecular weight excluding hydrogens is 202 g/mol. The summed E-state index contributed by atoms with van der Waals surface area (Å²) in [5.41, 5.74) is 0. The standard InChI is InChI=1S/C12H25N3O/c1-3-6-15-7-4-11(5-8-15)9-14-12(16)10-13-2/h11,13H,3-10H2,1-2H3,(H,14,16). The molecule has 0 aromatic rings. The maximum absolute atomic E-state index is 11.3. The fourth-order valence-corrected chi connectivity index (χ4v) is 2.21. The number of rotatable bonds is 6. The Morgan fingerprint density at radius 2 is 2.06 bits per heavy atom. The van der Waals surface area contributed by atoms with Crippen molar-refractivity contribution in [2.45, 2.75) is 26.2 Å². The first-order valence-corrected chi connectivity index (χ1v) is 6.40. The lowest BCUT2D eigenvalue weighted by Gasteiger charge is -2.31. The summed E-state index contributed by atoms with van der Waals surface area (Å²) in [6, 6.07) is 0. The van der Waals surface area contributed by atoms with Crippen molar-refractivity contribution in [2.75, 3.05) is 39.8 Å². The maximum atomic E-state index is 11.3. The number of likely N-dealkylation sites (tertiary alicyclic amines) is 1. The van der Waals surface area contributed by atoms with Crippen LogP contribution < -0.4 is 10.6 Å². The zero-order valence-electron chi connectivity index (χ0n) is 10.6. The third-order valence-electron chi connectivity index (χ3n) is 3.17. The average molecular weight is 227 g/mol. The van der Waals surface area contributed by atoms with E-state index in [-0.39, 0.29) is 5.91 Å². The Hall–Kier alpha value is -0.610. The molecule has 4 heteroatoms. The summed E-state index contributed by atoms with van der Waals surface area (Å²) in [5.74, 6) is 0.785. The molecule has 0 aromatic carbocycles. The summed E-state index contributed by atoms with van der Waals surface area (Å²) in [6.07, 6.45) is 3.68. The zero-order valence-corrected chi connectivity index (χ0v) is 10.6. The van der Waals surface area contributed by atoms with Crippen LogP contribution in [0.5, 0.6) is 0 Å². The lowest BCUT2D eigenvalue weighted by Crippen LogP contribution is -2.40. The Morgan fingerprint density at radius 3 is 2.62 bits per heavy atom. The maximum Gasteiger partial charge on any atom is 0.233 e. The molecule has 4 nitrogen and oxygen atoms in total. The Morgan fingerprint density at radius 1 is 1.38 bits per heavy atom. The molecule has 0 radical (unpaired) electrons. The molecule has 1 saturated heterocycles. The fourth-order valence-electron chi connectivity index (χ4n) is 2.21. The van der Waals surface area contributed by atoms with E-state index in [1.165, 1.54) is 38.9 Å². The van der Waals surface area contributed by atoms with E-state index in [0.29, 0.717) is 12.5 Å². The van der Waals surface area contributed by atoms with Crippen LogP contribution in [0.25, 0.3) is 0 Å². The lowest BCUT2D eigenvalue weighted by molar-refractivity contribution is -0.120. The van der Waals surface area contributed by atoms with Gasteiger partial charge in [0.05, 0.1) is 6.54 Å². The highest BCUT2D eigenvalue weighted by molar-refractivity contribution is 5.77. The molecule has 0 bridgehead atoms. The molecule has 0 atom stereocenters. The van der Waals surface area contributed by atoms with E-state index in [2.05, 4.69) is 22.5 Å². The Labute approximate surface area is 98.8 Å². The van der Waals surface area contributed by atoms with Crippen LogP contribution in [-0.2, 0) is 4.79 Å². The predicted molar refractivity (Wildman–Crippen MR) is 66.4 cm³/mol. The van der Waals surface area contributed by atoms with Crippen molar-refractivity contribution in [3.8, 4) is 0 Å². The number of nitrogens with one attached hydrogen (secondary N) is 2. The Bertz CT molecular complexity index is 200. The van der Waals surface area contributed by atoms with Crippen molar-refractivity contribution in [2.24, 2.45) is 5.92 Å².